The normalized spacial score (nSPS) is 11.6. The van der Waals surface area contributed by atoms with Gasteiger partial charge in [-0.1, -0.05) is 37.3 Å². The van der Waals surface area contributed by atoms with E-state index in [4.69, 9.17) is 0 Å². The van der Waals surface area contributed by atoms with E-state index in [1.165, 1.54) is 32.7 Å². The molecule has 0 bridgehead atoms. The van der Waals surface area contributed by atoms with E-state index in [-0.39, 0.29) is 10.8 Å². The fourth-order valence-electron chi connectivity index (χ4n) is 2.99. The van der Waals surface area contributed by atoms with Crippen molar-refractivity contribution in [3.05, 3.63) is 81.5 Å². The van der Waals surface area contributed by atoms with Crippen LogP contribution in [0.1, 0.15) is 32.6 Å². The molecular weight excluding hydrogens is 404 g/mol. The minimum absolute atomic E-state index is 0.186. The van der Waals surface area contributed by atoms with Crippen molar-refractivity contribution < 1.29 is 13.2 Å². The Morgan fingerprint density at radius 1 is 1.07 bits per heavy atom. The van der Waals surface area contributed by atoms with Crippen molar-refractivity contribution in [2.45, 2.75) is 31.7 Å². The molecule has 0 aliphatic rings. The Hall–Kier alpha value is -2.48. The number of anilines is 1. The molecule has 0 saturated heterocycles. The van der Waals surface area contributed by atoms with Gasteiger partial charge in [-0.2, -0.15) is 4.31 Å². The van der Waals surface area contributed by atoms with Crippen LogP contribution in [0.2, 0.25) is 0 Å². The zero-order chi connectivity index (χ0) is 21.0. The number of hydrogen-bond donors (Lipinski definition) is 1. The van der Waals surface area contributed by atoms with Crippen molar-refractivity contribution in [1.29, 1.82) is 0 Å². The number of aryl methyl sites for hydroxylation is 2. The van der Waals surface area contributed by atoms with Gasteiger partial charge >= 0.3 is 0 Å². The Bertz CT molecular complexity index is 1090. The van der Waals surface area contributed by atoms with Crippen molar-refractivity contribution in [2.24, 2.45) is 0 Å². The lowest BCUT2D eigenvalue weighted by molar-refractivity contribution is 0.103. The maximum absolute atomic E-state index is 12.8. The number of hydrogen-bond acceptors (Lipinski definition) is 4. The predicted octanol–water partition coefficient (Wildman–Crippen LogP) is 4.69. The average molecular weight is 429 g/mol. The molecule has 1 N–H and O–H groups in total. The summed E-state index contributed by atoms with van der Waals surface area (Å²) in [6.07, 6.45) is 0.896. The molecule has 0 spiro atoms. The molecule has 7 heteroatoms. The van der Waals surface area contributed by atoms with Crippen LogP contribution in [0, 0.1) is 6.92 Å². The summed E-state index contributed by atoms with van der Waals surface area (Å²) >= 11 is 1.48. The predicted molar refractivity (Wildman–Crippen MR) is 118 cm³/mol. The highest BCUT2D eigenvalue weighted by atomic mass is 32.2. The second-order valence-electron chi connectivity index (χ2n) is 6.80. The smallest absolute Gasteiger partial charge is 0.265 e. The van der Waals surface area contributed by atoms with E-state index >= 15 is 0 Å². The van der Waals surface area contributed by atoms with Crippen molar-refractivity contribution in [2.75, 3.05) is 12.4 Å². The van der Waals surface area contributed by atoms with Crippen LogP contribution >= 0.6 is 11.3 Å². The lowest BCUT2D eigenvalue weighted by Crippen LogP contribution is -2.26. The van der Waals surface area contributed by atoms with Crippen LogP contribution in [0.4, 0.5) is 5.69 Å². The third-order valence-electron chi connectivity index (χ3n) is 4.63. The molecule has 29 heavy (non-hydrogen) atoms. The molecule has 0 aliphatic heterocycles. The topological polar surface area (TPSA) is 66.5 Å². The number of nitrogens with zero attached hydrogens (tertiary/aromatic N) is 1. The van der Waals surface area contributed by atoms with Gasteiger partial charge in [0.25, 0.3) is 5.91 Å². The Kier molecular flexibility index (Phi) is 6.52. The molecule has 5 nitrogen and oxygen atoms in total. The summed E-state index contributed by atoms with van der Waals surface area (Å²) in [5.74, 6) is -0.186. The molecule has 1 amide bonds. The van der Waals surface area contributed by atoms with E-state index in [0.717, 1.165) is 17.5 Å². The lowest BCUT2D eigenvalue weighted by atomic mass is 10.2. The number of sulfonamides is 1. The fourth-order valence-corrected chi connectivity index (χ4v) is 5.16. The van der Waals surface area contributed by atoms with Gasteiger partial charge in [-0.15, -0.1) is 11.3 Å². The molecule has 0 radical (unpaired) electrons. The first-order chi connectivity index (χ1) is 13.8. The van der Waals surface area contributed by atoms with Gasteiger partial charge in [0.15, 0.2) is 0 Å². The third kappa shape index (κ3) is 4.93. The summed E-state index contributed by atoms with van der Waals surface area (Å²) in [6, 6.07) is 17.6. The standard InChI is InChI=1S/C22H24N2O3S2/c1-4-20-16(2)14-21(28-20)22(25)23-18-10-12-19(13-11-18)29(26,27)24(3)15-17-8-6-5-7-9-17/h5-14H,4,15H2,1-3H3,(H,23,25). The Morgan fingerprint density at radius 2 is 1.72 bits per heavy atom. The molecule has 3 rings (SSSR count). The fraction of sp³-hybridized carbons (Fsp3) is 0.227. The second kappa shape index (κ2) is 8.90. The zero-order valence-corrected chi connectivity index (χ0v) is 18.3. The van der Waals surface area contributed by atoms with E-state index in [0.29, 0.717) is 17.1 Å². The molecule has 0 fully saturated rings. The molecule has 0 aliphatic carbocycles. The van der Waals surface area contributed by atoms with Gasteiger partial charge in [0.2, 0.25) is 10.0 Å². The van der Waals surface area contributed by atoms with Gasteiger partial charge in [-0.05, 0) is 54.8 Å². The Morgan fingerprint density at radius 3 is 2.31 bits per heavy atom. The van der Waals surface area contributed by atoms with E-state index in [9.17, 15) is 13.2 Å². The Labute approximate surface area is 176 Å². The van der Waals surface area contributed by atoms with Crippen LogP contribution in [-0.4, -0.2) is 25.7 Å². The summed E-state index contributed by atoms with van der Waals surface area (Å²) in [7, 11) is -2.06. The third-order valence-corrected chi connectivity index (χ3v) is 7.83. The summed E-state index contributed by atoms with van der Waals surface area (Å²) in [5, 5.41) is 2.83. The number of rotatable bonds is 7. The van der Waals surface area contributed by atoms with Crippen LogP contribution in [0.15, 0.2) is 65.6 Å². The quantitative estimate of drug-likeness (QED) is 0.594. The number of amides is 1. The van der Waals surface area contributed by atoms with Gasteiger partial charge in [0.05, 0.1) is 9.77 Å². The van der Waals surface area contributed by atoms with Crippen LogP contribution < -0.4 is 5.32 Å². The highest BCUT2D eigenvalue weighted by Crippen LogP contribution is 2.24. The van der Waals surface area contributed by atoms with E-state index in [1.54, 1.807) is 19.2 Å². The van der Waals surface area contributed by atoms with Gasteiger partial charge in [-0.25, -0.2) is 8.42 Å². The molecule has 1 heterocycles. The number of benzene rings is 2. The molecule has 0 atom stereocenters. The van der Waals surface area contributed by atoms with Gasteiger partial charge in [-0.3, -0.25) is 4.79 Å². The molecule has 0 saturated carbocycles. The minimum Gasteiger partial charge on any atom is -0.321 e. The molecule has 0 unspecified atom stereocenters. The van der Waals surface area contributed by atoms with Crippen molar-refractivity contribution in [3.8, 4) is 0 Å². The molecule has 1 aromatic heterocycles. The number of carbonyl (C=O) groups is 1. The number of nitrogens with one attached hydrogen (secondary N) is 1. The Balaban J connectivity index is 1.70. The van der Waals surface area contributed by atoms with Crippen molar-refractivity contribution in [1.82, 2.24) is 4.31 Å². The number of carbonyl (C=O) groups excluding carboxylic acids is 1. The van der Waals surface area contributed by atoms with Gasteiger partial charge in [0.1, 0.15) is 0 Å². The second-order valence-corrected chi connectivity index (χ2v) is 9.98. The molecular formula is C22H24N2O3S2. The minimum atomic E-state index is -3.62. The summed E-state index contributed by atoms with van der Waals surface area (Å²) < 4.78 is 26.9. The van der Waals surface area contributed by atoms with Crippen LogP contribution in [0.3, 0.4) is 0 Å². The number of thiophene rings is 1. The zero-order valence-electron chi connectivity index (χ0n) is 16.7. The molecule has 2 aromatic carbocycles. The average Bonchev–Trinajstić information content (AvgIpc) is 3.10. The van der Waals surface area contributed by atoms with Crippen molar-refractivity contribution in [3.63, 3.8) is 0 Å². The van der Waals surface area contributed by atoms with Crippen LogP contribution in [0.25, 0.3) is 0 Å². The summed E-state index contributed by atoms with van der Waals surface area (Å²) in [4.78, 5) is 14.5. The van der Waals surface area contributed by atoms with E-state index in [2.05, 4.69) is 12.2 Å². The van der Waals surface area contributed by atoms with Crippen molar-refractivity contribution >= 4 is 33.0 Å². The largest absolute Gasteiger partial charge is 0.321 e. The lowest BCUT2D eigenvalue weighted by Gasteiger charge is -2.17. The molecule has 152 valence electrons. The van der Waals surface area contributed by atoms with E-state index < -0.39 is 10.0 Å². The molecule has 3 aromatic rings. The first-order valence-electron chi connectivity index (χ1n) is 9.32. The monoisotopic (exact) mass is 428 g/mol. The summed E-state index contributed by atoms with van der Waals surface area (Å²) in [5.41, 5.74) is 2.59. The first-order valence-corrected chi connectivity index (χ1v) is 11.6. The first kappa shape index (κ1) is 21.2. The highest BCUT2D eigenvalue weighted by molar-refractivity contribution is 7.89. The maximum atomic E-state index is 12.8. The van der Waals surface area contributed by atoms with Crippen LogP contribution in [0.5, 0.6) is 0 Å². The maximum Gasteiger partial charge on any atom is 0.265 e. The SMILES string of the molecule is CCc1sc(C(=O)Nc2ccc(S(=O)(=O)N(C)Cc3ccccc3)cc2)cc1C. The van der Waals surface area contributed by atoms with E-state index in [1.807, 2.05) is 43.3 Å². The van der Waals surface area contributed by atoms with Gasteiger partial charge in [0, 0.05) is 24.2 Å². The van der Waals surface area contributed by atoms with Crippen LogP contribution in [-0.2, 0) is 23.0 Å². The highest BCUT2D eigenvalue weighted by Gasteiger charge is 2.21. The van der Waals surface area contributed by atoms with Gasteiger partial charge < -0.3 is 5.32 Å². The summed E-state index contributed by atoms with van der Waals surface area (Å²) in [6.45, 7) is 4.35.